The maximum atomic E-state index is 14.6. The summed E-state index contributed by atoms with van der Waals surface area (Å²) in [7, 11) is 0. The van der Waals surface area contributed by atoms with Gasteiger partial charge in [0, 0.05) is 36.2 Å². The smallest absolute Gasteiger partial charge is 0.229 e. The molecule has 9 heteroatoms. The highest BCUT2D eigenvalue weighted by atomic mass is 19.1. The fourth-order valence-electron chi connectivity index (χ4n) is 5.74. The zero-order valence-corrected chi connectivity index (χ0v) is 20.4. The molecule has 3 fully saturated rings. The van der Waals surface area contributed by atoms with Crippen LogP contribution in [-0.2, 0) is 4.74 Å². The molecule has 4 heterocycles. The van der Waals surface area contributed by atoms with E-state index in [0.717, 1.165) is 32.2 Å². The van der Waals surface area contributed by atoms with Crippen LogP contribution in [0.15, 0.2) is 24.4 Å². The van der Waals surface area contributed by atoms with E-state index in [1.54, 1.807) is 12.1 Å². The second kappa shape index (κ2) is 9.96. The van der Waals surface area contributed by atoms with Crippen molar-refractivity contribution in [1.82, 2.24) is 14.9 Å². The molecule has 0 radical (unpaired) electrons. The summed E-state index contributed by atoms with van der Waals surface area (Å²) in [4.78, 5) is 11.1. The number of nitrogens with one attached hydrogen (secondary N) is 2. The Morgan fingerprint density at radius 3 is 2.89 bits per heavy atom. The quantitative estimate of drug-likeness (QED) is 0.619. The Hall–Kier alpha value is -2.96. The summed E-state index contributed by atoms with van der Waals surface area (Å²) >= 11 is 0. The van der Waals surface area contributed by atoms with Gasteiger partial charge in [-0.3, -0.25) is 4.90 Å². The number of nitrogens with zero attached hydrogens (tertiary/aromatic N) is 4. The molecule has 0 spiro atoms. The van der Waals surface area contributed by atoms with Crippen LogP contribution in [0.25, 0.3) is 0 Å². The van der Waals surface area contributed by atoms with Gasteiger partial charge in [-0.15, -0.1) is 0 Å². The number of anilines is 3. The summed E-state index contributed by atoms with van der Waals surface area (Å²) in [5.41, 5.74) is 1.13. The van der Waals surface area contributed by atoms with E-state index in [9.17, 15) is 9.65 Å². The zero-order chi connectivity index (χ0) is 24.4. The Balaban J connectivity index is 1.28. The standard InChI is InChI=1S/C26H33FN6O2/c1-26(2)14-19(13-20-4-3-9-33(20)26)30-24-22(27)16-29-25(32-24)31-18-5-6-23(17(12-18)15-28)35-21-7-10-34-11-8-21/h5-6,12,16,19-21H,3-4,7-11,13-14H2,1-2H3,(H2,29,30,31,32). The maximum absolute atomic E-state index is 14.6. The molecule has 2 atom stereocenters. The largest absolute Gasteiger partial charge is 0.489 e. The number of rotatable bonds is 6. The summed E-state index contributed by atoms with van der Waals surface area (Å²) in [5.74, 6) is 0.552. The molecule has 3 aliphatic rings. The van der Waals surface area contributed by atoms with Gasteiger partial charge in [-0.1, -0.05) is 0 Å². The molecule has 35 heavy (non-hydrogen) atoms. The molecule has 1 aromatic carbocycles. The highest BCUT2D eigenvalue weighted by molar-refractivity contribution is 5.61. The number of hydrogen-bond acceptors (Lipinski definition) is 8. The molecule has 0 bridgehead atoms. The van der Waals surface area contributed by atoms with Crippen LogP contribution < -0.4 is 15.4 Å². The summed E-state index contributed by atoms with van der Waals surface area (Å²) in [5, 5.41) is 16.1. The van der Waals surface area contributed by atoms with Crippen LogP contribution in [0.5, 0.6) is 5.75 Å². The first-order valence-electron chi connectivity index (χ1n) is 12.5. The Labute approximate surface area is 205 Å². The second-order valence-electron chi connectivity index (χ2n) is 10.4. The van der Waals surface area contributed by atoms with Gasteiger partial charge in [-0.25, -0.2) is 9.37 Å². The molecule has 2 N–H and O–H groups in total. The Morgan fingerprint density at radius 1 is 1.26 bits per heavy atom. The fourth-order valence-corrected chi connectivity index (χ4v) is 5.74. The third kappa shape index (κ3) is 5.34. The molecule has 2 unspecified atom stereocenters. The van der Waals surface area contributed by atoms with Crippen molar-refractivity contribution in [2.75, 3.05) is 30.4 Å². The normalized spacial score (nSPS) is 24.4. The lowest BCUT2D eigenvalue weighted by atomic mass is 9.84. The molecule has 0 amide bonds. The minimum atomic E-state index is -0.472. The number of benzene rings is 1. The Morgan fingerprint density at radius 2 is 2.09 bits per heavy atom. The van der Waals surface area contributed by atoms with Crippen LogP contribution in [0.3, 0.4) is 0 Å². The number of aromatic nitrogens is 2. The lowest BCUT2D eigenvalue weighted by Gasteiger charge is -2.47. The Bertz CT molecular complexity index is 1100. The molecule has 1 aromatic heterocycles. The third-order valence-electron chi connectivity index (χ3n) is 7.36. The molecule has 5 rings (SSSR count). The SMILES string of the molecule is CC1(C)CC(Nc2nc(Nc3ccc(OC4CCOCC4)c(C#N)c3)ncc2F)CC2CCCN21. The van der Waals surface area contributed by atoms with Crippen LogP contribution >= 0.6 is 0 Å². The van der Waals surface area contributed by atoms with E-state index in [1.165, 1.54) is 19.0 Å². The molecule has 0 aliphatic carbocycles. The number of fused-ring (bicyclic) bond motifs is 1. The van der Waals surface area contributed by atoms with Crippen LogP contribution in [0.1, 0.15) is 57.9 Å². The zero-order valence-electron chi connectivity index (χ0n) is 20.4. The Kier molecular flexibility index (Phi) is 6.76. The fraction of sp³-hybridized carbons (Fsp3) is 0.577. The molecule has 0 saturated carbocycles. The van der Waals surface area contributed by atoms with E-state index >= 15 is 0 Å². The minimum Gasteiger partial charge on any atom is -0.489 e. The summed E-state index contributed by atoms with van der Waals surface area (Å²) in [6, 6.07) is 8.17. The van der Waals surface area contributed by atoms with Crippen molar-refractivity contribution < 1.29 is 13.9 Å². The number of nitriles is 1. The van der Waals surface area contributed by atoms with E-state index in [4.69, 9.17) is 9.47 Å². The van der Waals surface area contributed by atoms with Gasteiger partial charge in [0.25, 0.3) is 0 Å². The first kappa shape index (κ1) is 23.8. The lowest BCUT2D eigenvalue weighted by Crippen LogP contribution is -2.55. The van der Waals surface area contributed by atoms with Crippen LogP contribution in [0.4, 0.5) is 21.8 Å². The van der Waals surface area contributed by atoms with Crippen molar-refractivity contribution in [2.45, 2.75) is 76.1 Å². The maximum Gasteiger partial charge on any atom is 0.229 e. The van der Waals surface area contributed by atoms with Crippen molar-refractivity contribution >= 4 is 17.5 Å². The average molecular weight is 481 g/mol. The van der Waals surface area contributed by atoms with E-state index in [-0.39, 0.29) is 29.5 Å². The first-order chi connectivity index (χ1) is 16.9. The number of piperidine rings is 1. The van der Waals surface area contributed by atoms with E-state index in [0.29, 0.717) is 36.3 Å². The van der Waals surface area contributed by atoms with Gasteiger partial charge in [-0.05, 0) is 64.3 Å². The highest BCUT2D eigenvalue weighted by Crippen LogP contribution is 2.38. The third-order valence-corrected chi connectivity index (χ3v) is 7.36. The van der Waals surface area contributed by atoms with Crippen molar-refractivity contribution in [3.8, 4) is 11.8 Å². The van der Waals surface area contributed by atoms with E-state index in [2.05, 4.69) is 45.4 Å². The van der Waals surface area contributed by atoms with E-state index in [1.807, 2.05) is 6.07 Å². The van der Waals surface area contributed by atoms with Gasteiger partial charge in [0.2, 0.25) is 5.95 Å². The lowest BCUT2D eigenvalue weighted by molar-refractivity contribution is 0.0254. The molecule has 2 aromatic rings. The highest BCUT2D eigenvalue weighted by Gasteiger charge is 2.43. The van der Waals surface area contributed by atoms with Gasteiger partial charge in [0.05, 0.1) is 25.0 Å². The predicted molar refractivity (Wildman–Crippen MR) is 131 cm³/mol. The van der Waals surface area contributed by atoms with Gasteiger partial charge >= 0.3 is 0 Å². The number of hydrogen-bond donors (Lipinski definition) is 2. The molecular formula is C26H33FN6O2. The van der Waals surface area contributed by atoms with Crippen molar-refractivity contribution in [3.05, 3.63) is 35.8 Å². The van der Waals surface area contributed by atoms with Gasteiger partial charge in [-0.2, -0.15) is 10.2 Å². The predicted octanol–water partition coefficient (Wildman–Crippen LogP) is 4.61. The molecule has 8 nitrogen and oxygen atoms in total. The van der Waals surface area contributed by atoms with Crippen molar-refractivity contribution in [1.29, 1.82) is 5.26 Å². The summed E-state index contributed by atoms with van der Waals surface area (Å²) < 4.78 is 26.0. The summed E-state index contributed by atoms with van der Waals surface area (Å²) in [6.45, 7) is 7.02. The van der Waals surface area contributed by atoms with Gasteiger partial charge in [0.15, 0.2) is 11.6 Å². The summed E-state index contributed by atoms with van der Waals surface area (Å²) in [6.07, 6.45) is 7.16. The van der Waals surface area contributed by atoms with Gasteiger partial charge in [0.1, 0.15) is 17.9 Å². The topological polar surface area (TPSA) is 95.3 Å². The van der Waals surface area contributed by atoms with Crippen molar-refractivity contribution in [2.24, 2.45) is 0 Å². The average Bonchev–Trinajstić information content (AvgIpc) is 3.32. The molecular weight excluding hydrogens is 447 g/mol. The van der Waals surface area contributed by atoms with Crippen LogP contribution in [0.2, 0.25) is 0 Å². The number of halogens is 1. The van der Waals surface area contributed by atoms with Gasteiger partial charge < -0.3 is 20.1 Å². The van der Waals surface area contributed by atoms with Crippen LogP contribution in [-0.4, -0.2) is 58.4 Å². The molecule has 3 saturated heterocycles. The van der Waals surface area contributed by atoms with Crippen molar-refractivity contribution in [3.63, 3.8) is 0 Å². The number of ether oxygens (including phenoxy) is 2. The second-order valence-corrected chi connectivity index (χ2v) is 10.4. The minimum absolute atomic E-state index is 0.0461. The first-order valence-corrected chi connectivity index (χ1v) is 12.5. The molecule has 186 valence electrons. The van der Waals surface area contributed by atoms with Crippen LogP contribution in [0, 0.1) is 17.1 Å². The molecule has 3 aliphatic heterocycles. The van der Waals surface area contributed by atoms with E-state index < -0.39 is 5.82 Å². The monoisotopic (exact) mass is 480 g/mol.